The molecule has 2 aliphatic rings. The molecule has 1 fully saturated rings. The third kappa shape index (κ3) is 3.94. The Morgan fingerprint density at radius 2 is 1.88 bits per heavy atom. The van der Waals surface area contributed by atoms with E-state index >= 15 is 0 Å². The third-order valence-corrected chi connectivity index (χ3v) is 6.60. The predicted octanol–water partition coefficient (Wildman–Crippen LogP) is 4.08. The number of carbonyl (C=O) groups is 1. The van der Waals surface area contributed by atoms with Gasteiger partial charge in [0.15, 0.2) is 0 Å². The number of methoxy groups -OCH3 is 1. The van der Waals surface area contributed by atoms with E-state index in [2.05, 4.69) is 23.2 Å². The Kier molecular flexibility index (Phi) is 5.77. The number of fused-ring (bicyclic) bond motifs is 3. The molecule has 0 unspecified atom stereocenters. The minimum Gasteiger partial charge on any atom is -0.495 e. The van der Waals surface area contributed by atoms with Crippen LogP contribution in [0.5, 0.6) is 5.75 Å². The van der Waals surface area contributed by atoms with Crippen molar-refractivity contribution in [2.75, 3.05) is 25.6 Å². The lowest BCUT2D eigenvalue weighted by Crippen LogP contribution is -2.42. The number of hydrogen-bond donors (Lipinski definition) is 2. The van der Waals surface area contributed by atoms with Crippen molar-refractivity contribution in [3.63, 3.8) is 0 Å². The number of benzene rings is 3. The minimum atomic E-state index is -0.0980. The molecule has 3 aromatic carbocycles. The molecule has 33 heavy (non-hydrogen) atoms. The minimum absolute atomic E-state index is 0.0261. The molecule has 0 spiro atoms. The molecule has 0 aliphatic carbocycles. The molecule has 3 atom stereocenters. The highest BCUT2D eigenvalue weighted by Gasteiger charge is 2.45. The molecule has 166 valence electrons. The summed E-state index contributed by atoms with van der Waals surface area (Å²) in [5.74, 6) is 7.38. The molecular formula is C28H26N2O3. The van der Waals surface area contributed by atoms with Gasteiger partial charge in [-0.2, -0.15) is 0 Å². The third-order valence-electron chi connectivity index (χ3n) is 6.60. The maximum Gasteiger partial charge on any atom is 0.254 e. The summed E-state index contributed by atoms with van der Waals surface area (Å²) in [6.45, 7) is 0.696. The second kappa shape index (κ2) is 9.01. The molecule has 5 rings (SSSR count). The second-order valence-electron chi connectivity index (χ2n) is 8.45. The number of para-hydroxylation sites is 1. The summed E-state index contributed by atoms with van der Waals surface area (Å²) in [5.41, 5.74) is 4.40. The lowest BCUT2D eigenvalue weighted by molar-refractivity contribution is 0.0701. The van der Waals surface area contributed by atoms with E-state index in [9.17, 15) is 9.90 Å². The normalized spacial score (nSPS) is 20.7. The Balaban J connectivity index is 1.52. The fourth-order valence-corrected chi connectivity index (χ4v) is 5.00. The van der Waals surface area contributed by atoms with Gasteiger partial charge in [-0.25, -0.2) is 0 Å². The van der Waals surface area contributed by atoms with E-state index in [1.54, 1.807) is 7.11 Å². The maximum absolute atomic E-state index is 13.4. The van der Waals surface area contributed by atoms with Gasteiger partial charge in [0.2, 0.25) is 0 Å². The smallest absolute Gasteiger partial charge is 0.254 e. The average molecular weight is 439 g/mol. The molecule has 0 radical (unpaired) electrons. The SMILES string of the molecule is COc1ccccc1C#Cc1ccc2c(c1)[C@@H]1[C@@H](CCN1C(=O)c1ccccc1)[C@H](CO)N2. The van der Waals surface area contributed by atoms with Gasteiger partial charge in [-0.1, -0.05) is 42.2 Å². The van der Waals surface area contributed by atoms with Crippen molar-refractivity contribution in [3.8, 4) is 17.6 Å². The number of hydrogen-bond acceptors (Lipinski definition) is 4. The summed E-state index contributed by atoms with van der Waals surface area (Å²) in [6, 6.07) is 23.0. The highest BCUT2D eigenvalue weighted by molar-refractivity contribution is 5.95. The molecule has 5 nitrogen and oxygen atoms in total. The first kappa shape index (κ1) is 21.1. The molecule has 2 aliphatic heterocycles. The molecule has 1 amide bonds. The number of rotatable bonds is 3. The van der Waals surface area contributed by atoms with E-state index in [1.807, 2.05) is 71.6 Å². The zero-order valence-electron chi connectivity index (χ0n) is 18.5. The van der Waals surface area contributed by atoms with Crippen LogP contribution in [-0.4, -0.2) is 42.2 Å². The van der Waals surface area contributed by atoms with Gasteiger partial charge in [0.25, 0.3) is 5.91 Å². The lowest BCUT2D eigenvalue weighted by Gasteiger charge is -2.39. The second-order valence-corrected chi connectivity index (χ2v) is 8.45. The van der Waals surface area contributed by atoms with Gasteiger partial charge in [0.1, 0.15) is 5.75 Å². The van der Waals surface area contributed by atoms with Gasteiger partial charge in [-0.15, -0.1) is 0 Å². The van der Waals surface area contributed by atoms with E-state index in [1.165, 1.54) is 0 Å². The Bertz CT molecular complexity index is 1230. The largest absolute Gasteiger partial charge is 0.495 e. The van der Waals surface area contributed by atoms with Crippen molar-refractivity contribution in [1.29, 1.82) is 0 Å². The van der Waals surface area contributed by atoms with E-state index in [0.29, 0.717) is 12.1 Å². The van der Waals surface area contributed by atoms with Crippen LogP contribution >= 0.6 is 0 Å². The molecular weight excluding hydrogens is 412 g/mol. The summed E-state index contributed by atoms with van der Waals surface area (Å²) in [6.07, 6.45) is 0.845. The standard InChI is InChI=1S/C28H26N2O3/c1-33-26-10-6-5-7-20(26)13-11-19-12-14-24-23(17-19)27-22(25(18-31)29-24)15-16-30(27)28(32)21-8-3-2-4-9-21/h2-10,12,14,17,22,25,27,29,31H,15-16,18H2,1H3/t22-,25-,27-/m0/s1. The first-order chi connectivity index (χ1) is 16.2. The number of ether oxygens (including phenoxy) is 1. The van der Waals surface area contributed by atoms with E-state index in [4.69, 9.17) is 4.74 Å². The van der Waals surface area contributed by atoms with Gasteiger partial charge in [0.05, 0.1) is 31.4 Å². The first-order valence-corrected chi connectivity index (χ1v) is 11.2. The van der Waals surface area contributed by atoms with Crippen LogP contribution in [0.2, 0.25) is 0 Å². The summed E-state index contributed by atoms with van der Waals surface area (Å²) < 4.78 is 5.41. The lowest BCUT2D eigenvalue weighted by atomic mass is 9.82. The summed E-state index contributed by atoms with van der Waals surface area (Å²) in [7, 11) is 1.64. The van der Waals surface area contributed by atoms with Crippen LogP contribution < -0.4 is 10.1 Å². The van der Waals surface area contributed by atoms with Crippen molar-refractivity contribution < 1.29 is 14.6 Å². The molecule has 1 saturated heterocycles. The van der Waals surface area contributed by atoms with Crippen molar-refractivity contribution in [2.24, 2.45) is 5.92 Å². The predicted molar refractivity (Wildman–Crippen MR) is 128 cm³/mol. The van der Waals surface area contributed by atoms with Crippen LogP contribution in [0.15, 0.2) is 72.8 Å². The quantitative estimate of drug-likeness (QED) is 0.605. The van der Waals surface area contributed by atoms with Gasteiger partial charge in [0, 0.05) is 29.3 Å². The first-order valence-electron chi connectivity index (χ1n) is 11.2. The monoisotopic (exact) mass is 438 g/mol. The van der Waals surface area contributed by atoms with Crippen LogP contribution in [0.4, 0.5) is 5.69 Å². The summed E-state index contributed by atoms with van der Waals surface area (Å²) in [5, 5.41) is 13.5. The number of likely N-dealkylation sites (tertiary alicyclic amines) is 1. The zero-order chi connectivity index (χ0) is 22.8. The topological polar surface area (TPSA) is 61.8 Å². The van der Waals surface area contributed by atoms with Crippen molar-refractivity contribution >= 4 is 11.6 Å². The fraction of sp³-hybridized carbons (Fsp3) is 0.250. The summed E-state index contributed by atoms with van der Waals surface area (Å²) >= 11 is 0. The van der Waals surface area contributed by atoms with Crippen LogP contribution in [0.3, 0.4) is 0 Å². The average Bonchev–Trinajstić information content (AvgIpc) is 3.33. The highest BCUT2D eigenvalue weighted by atomic mass is 16.5. The number of carbonyl (C=O) groups excluding carboxylic acids is 1. The van der Waals surface area contributed by atoms with Crippen molar-refractivity contribution in [1.82, 2.24) is 4.90 Å². The van der Waals surface area contributed by atoms with Crippen LogP contribution in [0.25, 0.3) is 0 Å². The number of nitrogens with one attached hydrogen (secondary N) is 1. The summed E-state index contributed by atoms with van der Waals surface area (Å²) in [4.78, 5) is 15.3. The maximum atomic E-state index is 13.4. The van der Waals surface area contributed by atoms with Gasteiger partial charge in [-0.05, 0) is 54.4 Å². The molecule has 2 heterocycles. The van der Waals surface area contributed by atoms with Crippen molar-refractivity contribution in [3.05, 3.63) is 95.1 Å². The van der Waals surface area contributed by atoms with Crippen LogP contribution in [0.1, 0.15) is 39.5 Å². The molecule has 0 aromatic heterocycles. The van der Waals surface area contributed by atoms with Gasteiger partial charge in [-0.3, -0.25) is 4.79 Å². The molecule has 3 aromatic rings. The van der Waals surface area contributed by atoms with E-state index in [0.717, 1.165) is 34.5 Å². The highest BCUT2D eigenvalue weighted by Crippen LogP contribution is 2.47. The van der Waals surface area contributed by atoms with Gasteiger partial charge < -0.3 is 20.1 Å². The zero-order valence-corrected chi connectivity index (χ0v) is 18.5. The number of amides is 1. The van der Waals surface area contributed by atoms with Crippen molar-refractivity contribution in [2.45, 2.75) is 18.5 Å². The number of aliphatic hydroxyl groups is 1. The molecule has 2 N–H and O–H groups in total. The number of anilines is 1. The molecule has 5 heteroatoms. The Morgan fingerprint density at radius 1 is 1.09 bits per heavy atom. The number of aliphatic hydroxyl groups excluding tert-OH is 1. The fourth-order valence-electron chi connectivity index (χ4n) is 5.00. The molecule has 0 bridgehead atoms. The van der Waals surface area contributed by atoms with Crippen LogP contribution in [0, 0.1) is 17.8 Å². The molecule has 0 saturated carbocycles. The Morgan fingerprint density at radius 3 is 2.67 bits per heavy atom. The number of nitrogens with zero attached hydrogens (tertiary/aromatic N) is 1. The van der Waals surface area contributed by atoms with Gasteiger partial charge >= 0.3 is 0 Å². The van der Waals surface area contributed by atoms with Crippen LogP contribution in [-0.2, 0) is 0 Å². The van der Waals surface area contributed by atoms with E-state index < -0.39 is 0 Å². The van der Waals surface area contributed by atoms with E-state index in [-0.39, 0.29) is 30.5 Å². The Labute approximate surface area is 194 Å². The Hall–Kier alpha value is -3.75.